The maximum atomic E-state index is 5.89. The molecule has 3 aromatic rings. The first-order valence-electron chi connectivity index (χ1n) is 7.49. The SMILES string of the molecule is Cc1nn(C)c(C)c1CNCc1ccc(-c2ccccc2)o1. The molecule has 0 saturated heterocycles. The van der Waals surface area contributed by atoms with Crippen molar-refractivity contribution in [3.63, 3.8) is 0 Å². The summed E-state index contributed by atoms with van der Waals surface area (Å²) in [5.74, 6) is 1.85. The van der Waals surface area contributed by atoms with Crippen molar-refractivity contribution < 1.29 is 4.42 Å². The van der Waals surface area contributed by atoms with Gasteiger partial charge in [0.25, 0.3) is 0 Å². The molecule has 4 nitrogen and oxygen atoms in total. The largest absolute Gasteiger partial charge is 0.460 e. The summed E-state index contributed by atoms with van der Waals surface area (Å²) in [6.45, 7) is 5.65. The quantitative estimate of drug-likeness (QED) is 0.782. The summed E-state index contributed by atoms with van der Waals surface area (Å²) in [7, 11) is 1.98. The van der Waals surface area contributed by atoms with Gasteiger partial charge in [-0.3, -0.25) is 4.68 Å². The van der Waals surface area contributed by atoms with Gasteiger partial charge in [-0.15, -0.1) is 0 Å². The molecular weight excluding hydrogens is 274 g/mol. The van der Waals surface area contributed by atoms with Crippen LogP contribution in [0.2, 0.25) is 0 Å². The smallest absolute Gasteiger partial charge is 0.134 e. The number of benzene rings is 1. The molecule has 0 spiro atoms. The average Bonchev–Trinajstić information content (AvgIpc) is 3.08. The van der Waals surface area contributed by atoms with Crippen LogP contribution in [0.15, 0.2) is 46.9 Å². The average molecular weight is 295 g/mol. The summed E-state index contributed by atoms with van der Waals surface area (Å²) in [4.78, 5) is 0. The van der Waals surface area contributed by atoms with Crippen LogP contribution in [0.25, 0.3) is 11.3 Å². The molecule has 0 bridgehead atoms. The van der Waals surface area contributed by atoms with Crippen LogP contribution in [-0.4, -0.2) is 9.78 Å². The maximum Gasteiger partial charge on any atom is 0.134 e. The van der Waals surface area contributed by atoms with E-state index in [1.807, 2.05) is 49.0 Å². The summed E-state index contributed by atoms with van der Waals surface area (Å²) < 4.78 is 7.81. The van der Waals surface area contributed by atoms with Crippen molar-refractivity contribution in [2.75, 3.05) is 0 Å². The van der Waals surface area contributed by atoms with Gasteiger partial charge in [-0.2, -0.15) is 5.10 Å². The zero-order chi connectivity index (χ0) is 15.5. The van der Waals surface area contributed by atoms with Crippen molar-refractivity contribution in [3.8, 4) is 11.3 Å². The third-order valence-corrected chi connectivity index (χ3v) is 3.98. The van der Waals surface area contributed by atoms with Gasteiger partial charge in [-0.1, -0.05) is 30.3 Å². The predicted octanol–water partition coefficient (Wildman–Crippen LogP) is 3.59. The molecule has 0 radical (unpaired) electrons. The summed E-state index contributed by atoms with van der Waals surface area (Å²) in [5.41, 5.74) is 4.65. The van der Waals surface area contributed by atoms with Gasteiger partial charge in [0.15, 0.2) is 0 Å². The first-order chi connectivity index (χ1) is 10.6. The standard InChI is InChI=1S/C18H21N3O/c1-13-17(14(2)21(3)20-13)12-19-11-16-9-10-18(22-16)15-7-5-4-6-8-15/h4-10,19H,11-12H2,1-3H3. The van der Waals surface area contributed by atoms with Crippen molar-refractivity contribution in [1.82, 2.24) is 15.1 Å². The minimum Gasteiger partial charge on any atom is -0.460 e. The maximum absolute atomic E-state index is 5.89. The monoisotopic (exact) mass is 295 g/mol. The molecule has 0 aliphatic rings. The Labute approximate surface area is 130 Å². The molecule has 1 aromatic carbocycles. The van der Waals surface area contributed by atoms with Crippen LogP contribution in [0.3, 0.4) is 0 Å². The molecule has 4 heteroatoms. The Morgan fingerprint density at radius 2 is 1.82 bits per heavy atom. The number of nitrogens with one attached hydrogen (secondary N) is 1. The van der Waals surface area contributed by atoms with Gasteiger partial charge in [-0.05, 0) is 26.0 Å². The van der Waals surface area contributed by atoms with Crippen molar-refractivity contribution >= 4 is 0 Å². The molecular formula is C18H21N3O. The Bertz CT molecular complexity index is 756. The molecule has 0 aliphatic carbocycles. The van der Waals surface area contributed by atoms with Crippen LogP contribution in [0, 0.1) is 13.8 Å². The Hall–Kier alpha value is -2.33. The molecule has 114 valence electrons. The van der Waals surface area contributed by atoms with Crippen LogP contribution in [0.4, 0.5) is 0 Å². The van der Waals surface area contributed by atoms with Crippen molar-refractivity contribution in [3.05, 3.63) is 65.2 Å². The number of furan rings is 1. The van der Waals surface area contributed by atoms with E-state index in [4.69, 9.17) is 4.42 Å². The molecule has 0 atom stereocenters. The molecule has 3 rings (SSSR count). The van der Waals surface area contributed by atoms with Crippen LogP contribution < -0.4 is 5.32 Å². The minimum atomic E-state index is 0.709. The Balaban J connectivity index is 1.62. The summed E-state index contributed by atoms with van der Waals surface area (Å²) in [5, 5.41) is 7.86. The Morgan fingerprint density at radius 3 is 2.50 bits per heavy atom. The predicted molar refractivity (Wildman–Crippen MR) is 87.4 cm³/mol. The lowest BCUT2D eigenvalue weighted by Crippen LogP contribution is -2.13. The van der Waals surface area contributed by atoms with Gasteiger partial charge in [0.05, 0.1) is 12.2 Å². The van der Waals surface area contributed by atoms with Crippen LogP contribution in [-0.2, 0) is 20.1 Å². The normalized spacial score (nSPS) is 11.0. The van der Waals surface area contributed by atoms with E-state index in [9.17, 15) is 0 Å². The van der Waals surface area contributed by atoms with Gasteiger partial charge in [0, 0.05) is 30.4 Å². The molecule has 2 heterocycles. The molecule has 2 aromatic heterocycles. The van der Waals surface area contributed by atoms with E-state index >= 15 is 0 Å². The summed E-state index contributed by atoms with van der Waals surface area (Å²) >= 11 is 0. The summed E-state index contributed by atoms with van der Waals surface area (Å²) in [6, 6.07) is 14.2. The van der Waals surface area contributed by atoms with Gasteiger partial charge in [0.2, 0.25) is 0 Å². The highest BCUT2D eigenvalue weighted by Gasteiger charge is 2.09. The van der Waals surface area contributed by atoms with E-state index in [-0.39, 0.29) is 0 Å². The number of nitrogens with zero attached hydrogens (tertiary/aromatic N) is 2. The highest BCUT2D eigenvalue weighted by molar-refractivity contribution is 5.57. The highest BCUT2D eigenvalue weighted by Crippen LogP contribution is 2.21. The first kappa shape index (κ1) is 14.6. The molecule has 0 fully saturated rings. The lowest BCUT2D eigenvalue weighted by molar-refractivity contribution is 0.493. The third kappa shape index (κ3) is 2.97. The number of aryl methyl sites for hydroxylation is 2. The Kier molecular flexibility index (Phi) is 4.11. The van der Waals surface area contributed by atoms with Crippen molar-refractivity contribution in [2.45, 2.75) is 26.9 Å². The Morgan fingerprint density at radius 1 is 1.05 bits per heavy atom. The molecule has 1 N–H and O–H groups in total. The zero-order valence-electron chi connectivity index (χ0n) is 13.3. The fraction of sp³-hybridized carbons (Fsp3) is 0.278. The number of hydrogen-bond acceptors (Lipinski definition) is 3. The lowest BCUT2D eigenvalue weighted by atomic mass is 10.2. The van der Waals surface area contributed by atoms with E-state index in [1.54, 1.807) is 0 Å². The van der Waals surface area contributed by atoms with Crippen LogP contribution in [0.5, 0.6) is 0 Å². The second kappa shape index (κ2) is 6.20. The van der Waals surface area contributed by atoms with E-state index in [2.05, 4.69) is 29.5 Å². The van der Waals surface area contributed by atoms with Gasteiger partial charge >= 0.3 is 0 Å². The molecule has 0 unspecified atom stereocenters. The third-order valence-electron chi connectivity index (χ3n) is 3.98. The zero-order valence-corrected chi connectivity index (χ0v) is 13.3. The lowest BCUT2D eigenvalue weighted by Gasteiger charge is -2.04. The van der Waals surface area contributed by atoms with Gasteiger partial charge < -0.3 is 9.73 Å². The second-order valence-electron chi connectivity index (χ2n) is 5.51. The van der Waals surface area contributed by atoms with E-state index in [1.165, 1.54) is 11.3 Å². The first-order valence-corrected chi connectivity index (χ1v) is 7.49. The van der Waals surface area contributed by atoms with Gasteiger partial charge in [-0.25, -0.2) is 0 Å². The second-order valence-corrected chi connectivity index (χ2v) is 5.51. The molecule has 22 heavy (non-hydrogen) atoms. The number of rotatable bonds is 5. The fourth-order valence-corrected chi connectivity index (χ4v) is 2.61. The number of aromatic nitrogens is 2. The molecule has 0 amide bonds. The summed E-state index contributed by atoms with van der Waals surface area (Å²) in [6.07, 6.45) is 0. The highest BCUT2D eigenvalue weighted by atomic mass is 16.3. The van der Waals surface area contributed by atoms with E-state index in [0.29, 0.717) is 6.54 Å². The van der Waals surface area contributed by atoms with E-state index < -0.39 is 0 Å². The molecule has 0 aliphatic heterocycles. The van der Waals surface area contributed by atoms with Crippen LogP contribution in [0.1, 0.15) is 22.7 Å². The van der Waals surface area contributed by atoms with Crippen molar-refractivity contribution in [2.24, 2.45) is 7.05 Å². The number of hydrogen-bond donors (Lipinski definition) is 1. The topological polar surface area (TPSA) is 43.0 Å². The van der Waals surface area contributed by atoms with Crippen LogP contribution >= 0.6 is 0 Å². The molecule has 0 saturated carbocycles. The van der Waals surface area contributed by atoms with E-state index in [0.717, 1.165) is 29.3 Å². The fourth-order valence-electron chi connectivity index (χ4n) is 2.61. The van der Waals surface area contributed by atoms with Gasteiger partial charge in [0.1, 0.15) is 11.5 Å². The van der Waals surface area contributed by atoms with Crippen molar-refractivity contribution in [1.29, 1.82) is 0 Å². The minimum absolute atomic E-state index is 0.709.